The van der Waals surface area contributed by atoms with E-state index in [0.29, 0.717) is 17.0 Å². The molecule has 0 unspecified atom stereocenters. The minimum atomic E-state index is -0.532. The maximum absolute atomic E-state index is 13.3. The fourth-order valence-corrected chi connectivity index (χ4v) is 1.84. The predicted octanol–water partition coefficient (Wildman–Crippen LogP) is 2.92. The molecule has 2 aromatic carbocycles. The third-order valence-electron chi connectivity index (χ3n) is 3.06. The highest BCUT2D eigenvalue weighted by molar-refractivity contribution is 5.61. The molecule has 0 aromatic heterocycles. The van der Waals surface area contributed by atoms with E-state index in [9.17, 15) is 4.39 Å². The van der Waals surface area contributed by atoms with Gasteiger partial charge in [0.05, 0.1) is 11.3 Å². The topological polar surface area (TPSA) is 62.3 Å². The lowest BCUT2D eigenvalue weighted by Crippen LogP contribution is -2.09. The van der Waals surface area contributed by atoms with Gasteiger partial charge in [0.25, 0.3) is 0 Å². The van der Waals surface area contributed by atoms with E-state index in [1.165, 1.54) is 12.1 Å². The van der Waals surface area contributed by atoms with Crippen LogP contribution in [0.2, 0.25) is 0 Å². The molecule has 21 heavy (non-hydrogen) atoms. The Bertz CT molecular complexity index is 692. The fraction of sp³-hybridized carbons (Fsp3) is 0.188. The van der Waals surface area contributed by atoms with Crippen molar-refractivity contribution in [3.63, 3.8) is 0 Å². The highest BCUT2D eigenvalue weighted by Gasteiger charge is 2.06. The Morgan fingerprint density at radius 2 is 2.00 bits per heavy atom. The summed E-state index contributed by atoms with van der Waals surface area (Å²) in [6.45, 7) is 0.218. The fourth-order valence-electron chi connectivity index (χ4n) is 1.84. The quantitative estimate of drug-likeness (QED) is 0.877. The first kappa shape index (κ1) is 14.7. The van der Waals surface area contributed by atoms with Crippen molar-refractivity contribution in [2.24, 2.45) is 0 Å². The number of benzene rings is 2. The summed E-state index contributed by atoms with van der Waals surface area (Å²) < 4.78 is 18.9. The molecular weight excluding hydrogens is 269 g/mol. The Kier molecular flexibility index (Phi) is 4.29. The Hall–Kier alpha value is -2.74. The third-order valence-corrected chi connectivity index (χ3v) is 3.06. The number of rotatable bonds is 4. The van der Waals surface area contributed by atoms with Crippen molar-refractivity contribution in [1.82, 2.24) is 0 Å². The molecule has 108 valence electrons. The average Bonchev–Trinajstić information content (AvgIpc) is 2.47. The van der Waals surface area contributed by atoms with E-state index < -0.39 is 5.82 Å². The highest BCUT2D eigenvalue weighted by Crippen LogP contribution is 2.27. The first-order valence-corrected chi connectivity index (χ1v) is 6.39. The zero-order valence-electron chi connectivity index (χ0n) is 11.9. The minimum absolute atomic E-state index is 0.00566. The lowest BCUT2D eigenvalue weighted by molar-refractivity contribution is 0.308. The first-order chi connectivity index (χ1) is 10.0. The standard InChI is InChI=1S/C16H16FN3O/c1-20(2)13-4-6-15(19)16(8-13)21-10-11-3-5-14(17)12(7-11)9-18/h3-8H,10,19H2,1-2H3. The van der Waals surface area contributed by atoms with Crippen LogP contribution in [0.15, 0.2) is 36.4 Å². The average molecular weight is 285 g/mol. The van der Waals surface area contributed by atoms with Gasteiger partial charge in [-0.2, -0.15) is 5.26 Å². The molecule has 4 nitrogen and oxygen atoms in total. The monoisotopic (exact) mass is 285 g/mol. The van der Waals surface area contributed by atoms with Crippen LogP contribution in [0.25, 0.3) is 0 Å². The van der Waals surface area contributed by atoms with E-state index in [1.807, 2.05) is 37.2 Å². The molecule has 0 saturated carbocycles. The largest absolute Gasteiger partial charge is 0.487 e. The smallest absolute Gasteiger partial charge is 0.144 e. The lowest BCUT2D eigenvalue weighted by atomic mass is 10.1. The number of hydrogen-bond donors (Lipinski definition) is 1. The Morgan fingerprint density at radius 1 is 1.24 bits per heavy atom. The molecule has 0 aliphatic rings. The van der Waals surface area contributed by atoms with Gasteiger partial charge in [0.1, 0.15) is 24.2 Å². The molecule has 5 heteroatoms. The van der Waals surface area contributed by atoms with Crippen molar-refractivity contribution >= 4 is 11.4 Å². The van der Waals surface area contributed by atoms with Crippen molar-refractivity contribution in [3.8, 4) is 11.8 Å². The summed E-state index contributed by atoms with van der Waals surface area (Å²) in [6, 6.07) is 11.6. The Labute approximate surface area is 123 Å². The predicted molar refractivity (Wildman–Crippen MR) is 80.6 cm³/mol. The van der Waals surface area contributed by atoms with Gasteiger partial charge in [-0.3, -0.25) is 0 Å². The molecule has 0 bridgehead atoms. The number of nitrogen functional groups attached to an aromatic ring is 1. The maximum atomic E-state index is 13.3. The maximum Gasteiger partial charge on any atom is 0.144 e. The number of anilines is 2. The van der Waals surface area contributed by atoms with Crippen LogP contribution in [0.3, 0.4) is 0 Å². The van der Waals surface area contributed by atoms with E-state index in [0.717, 1.165) is 5.69 Å². The van der Waals surface area contributed by atoms with Gasteiger partial charge in [0, 0.05) is 25.8 Å². The number of ether oxygens (including phenoxy) is 1. The van der Waals surface area contributed by atoms with E-state index in [2.05, 4.69) is 0 Å². The van der Waals surface area contributed by atoms with Crippen molar-refractivity contribution in [2.75, 3.05) is 24.7 Å². The molecule has 0 amide bonds. The van der Waals surface area contributed by atoms with E-state index in [4.69, 9.17) is 15.7 Å². The number of nitrogens with zero attached hydrogens (tertiary/aromatic N) is 2. The van der Waals surface area contributed by atoms with Crippen molar-refractivity contribution in [3.05, 3.63) is 53.3 Å². The number of nitrogens with two attached hydrogens (primary N) is 1. The van der Waals surface area contributed by atoms with Crippen LogP contribution < -0.4 is 15.4 Å². The Morgan fingerprint density at radius 3 is 2.67 bits per heavy atom. The summed E-state index contributed by atoms with van der Waals surface area (Å²) in [5.74, 6) is 0.0272. The van der Waals surface area contributed by atoms with Gasteiger partial charge < -0.3 is 15.4 Å². The summed E-state index contributed by atoms with van der Waals surface area (Å²) in [6.07, 6.45) is 0. The number of halogens is 1. The molecule has 2 aromatic rings. The molecule has 0 spiro atoms. The van der Waals surface area contributed by atoms with Crippen molar-refractivity contribution in [1.29, 1.82) is 5.26 Å². The summed E-state index contributed by atoms with van der Waals surface area (Å²) in [5, 5.41) is 8.81. The van der Waals surface area contributed by atoms with Crippen molar-refractivity contribution < 1.29 is 9.13 Å². The second-order valence-corrected chi connectivity index (χ2v) is 4.83. The molecule has 0 aliphatic heterocycles. The number of nitriles is 1. The van der Waals surface area contributed by atoms with Crippen LogP contribution in [-0.2, 0) is 6.61 Å². The molecule has 0 heterocycles. The second-order valence-electron chi connectivity index (χ2n) is 4.83. The molecule has 0 saturated heterocycles. The van der Waals surface area contributed by atoms with Gasteiger partial charge >= 0.3 is 0 Å². The third kappa shape index (κ3) is 3.42. The summed E-state index contributed by atoms with van der Waals surface area (Å²) >= 11 is 0. The zero-order chi connectivity index (χ0) is 15.4. The van der Waals surface area contributed by atoms with Gasteiger partial charge in [0.2, 0.25) is 0 Å². The van der Waals surface area contributed by atoms with Gasteiger partial charge in [-0.05, 0) is 29.8 Å². The molecule has 2 rings (SSSR count). The van der Waals surface area contributed by atoms with Gasteiger partial charge in [0.15, 0.2) is 0 Å². The van der Waals surface area contributed by atoms with Crippen LogP contribution in [0.1, 0.15) is 11.1 Å². The molecule has 0 radical (unpaired) electrons. The van der Waals surface area contributed by atoms with E-state index >= 15 is 0 Å². The lowest BCUT2D eigenvalue weighted by Gasteiger charge is -2.16. The number of hydrogen-bond acceptors (Lipinski definition) is 4. The van der Waals surface area contributed by atoms with Gasteiger partial charge in [-0.1, -0.05) is 6.07 Å². The minimum Gasteiger partial charge on any atom is -0.487 e. The van der Waals surface area contributed by atoms with Crippen LogP contribution in [-0.4, -0.2) is 14.1 Å². The van der Waals surface area contributed by atoms with E-state index in [1.54, 1.807) is 12.1 Å². The molecule has 0 fully saturated rings. The van der Waals surface area contributed by atoms with Gasteiger partial charge in [-0.25, -0.2) is 4.39 Å². The molecule has 2 N–H and O–H groups in total. The highest BCUT2D eigenvalue weighted by atomic mass is 19.1. The molecular formula is C16H16FN3O. The second kappa shape index (κ2) is 6.14. The first-order valence-electron chi connectivity index (χ1n) is 6.39. The zero-order valence-corrected chi connectivity index (χ0v) is 11.9. The summed E-state index contributed by atoms with van der Waals surface area (Å²) in [5.41, 5.74) is 8.09. The Balaban J connectivity index is 2.16. The van der Waals surface area contributed by atoms with Gasteiger partial charge in [-0.15, -0.1) is 0 Å². The normalized spacial score (nSPS) is 10.0. The van der Waals surface area contributed by atoms with Crippen LogP contribution in [0, 0.1) is 17.1 Å². The SMILES string of the molecule is CN(C)c1ccc(N)c(OCc2ccc(F)c(C#N)c2)c1. The summed E-state index contributed by atoms with van der Waals surface area (Å²) in [7, 11) is 3.85. The van der Waals surface area contributed by atoms with Crippen LogP contribution >= 0.6 is 0 Å². The van der Waals surface area contributed by atoms with Crippen molar-refractivity contribution in [2.45, 2.75) is 6.61 Å². The van der Waals surface area contributed by atoms with Crippen LogP contribution in [0.4, 0.5) is 15.8 Å². The molecule has 0 aliphatic carbocycles. The molecule has 0 atom stereocenters. The summed E-state index contributed by atoms with van der Waals surface area (Å²) in [4.78, 5) is 1.94. The van der Waals surface area contributed by atoms with E-state index in [-0.39, 0.29) is 12.2 Å². The van der Waals surface area contributed by atoms with Crippen LogP contribution in [0.5, 0.6) is 5.75 Å².